The Labute approximate surface area is 115 Å². The number of aliphatic carboxylic acids is 1. The number of carbonyl (C=O) groups excluding carboxylic acids is 1. The van der Waals surface area contributed by atoms with Gasteiger partial charge < -0.3 is 10.4 Å². The van der Waals surface area contributed by atoms with E-state index in [1.165, 1.54) is 6.92 Å². The van der Waals surface area contributed by atoms with Crippen molar-refractivity contribution in [2.24, 2.45) is 0 Å². The molecule has 2 rings (SSSR count). The first-order valence-corrected chi connectivity index (χ1v) is 6.14. The number of benzene rings is 1. The average molecular weight is 273 g/mol. The largest absolute Gasteiger partial charge is 0.480 e. The fraction of sp³-hybridized carbons (Fsp3) is 0.214. The van der Waals surface area contributed by atoms with Gasteiger partial charge in [-0.3, -0.25) is 9.89 Å². The Balaban J connectivity index is 2.09. The lowest BCUT2D eigenvalue weighted by molar-refractivity contribution is -0.141. The van der Waals surface area contributed by atoms with Crippen molar-refractivity contribution in [2.45, 2.75) is 19.4 Å². The quantitative estimate of drug-likeness (QED) is 0.763. The number of nitrogens with zero attached hydrogens (tertiary/aromatic N) is 1. The van der Waals surface area contributed by atoms with Gasteiger partial charge in [0, 0.05) is 25.1 Å². The molecule has 2 aromatic rings. The van der Waals surface area contributed by atoms with Gasteiger partial charge in [0.1, 0.15) is 6.04 Å². The fourth-order valence-corrected chi connectivity index (χ4v) is 1.92. The number of hydrogen-bond donors (Lipinski definition) is 3. The zero-order chi connectivity index (χ0) is 14.5. The van der Waals surface area contributed by atoms with Crippen LogP contribution in [0, 0.1) is 0 Å². The van der Waals surface area contributed by atoms with E-state index in [1.807, 2.05) is 24.3 Å². The van der Waals surface area contributed by atoms with Gasteiger partial charge in [0.25, 0.3) is 0 Å². The van der Waals surface area contributed by atoms with E-state index in [0.29, 0.717) is 0 Å². The van der Waals surface area contributed by atoms with E-state index >= 15 is 0 Å². The maximum absolute atomic E-state index is 11.1. The highest BCUT2D eigenvalue weighted by Gasteiger charge is 2.18. The lowest BCUT2D eigenvalue weighted by atomic mass is 10.0. The summed E-state index contributed by atoms with van der Waals surface area (Å²) >= 11 is 0. The molecule has 0 saturated heterocycles. The third-order valence-corrected chi connectivity index (χ3v) is 2.90. The number of carboxylic acids is 1. The van der Waals surface area contributed by atoms with E-state index in [4.69, 9.17) is 5.11 Å². The van der Waals surface area contributed by atoms with Crippen molar-refractivity contribution in [1.82, 2.24) is 15.5 Å². The van der Waals surface area contributed by atoms with Crippen LogP contribution in [-0.2, 0) is 16.0 Å². The maximum Gasteiger partial charge on any atom is 0.326 e. The van der Waals surface area contributed by atoms with E-state index in [0.717, 1.165) is 16.7 Å². The molecule has 6 nitrogen and oxygen atoms in total. The summed E-state index contributed by atoms with van der Waals surface area (Å²) < 4.78 is 0. The van der Waals surface area contributed by atoms with Gasteiger partial charge in [0.05, 0.1) is 6.20 Å². The van der Waals surface area contributed by atoms with E-state index in [9.17, 15) is 9.59 Å². The molecule has 0 spiro atoms. The zero-order valence-corrected chi connectivity index (χ0v) is 11.0. The van der Waals surface area contributed by atoms with Crippen molar-refractivity contribution < 1.29 is 14.7 Å². The molecule has 0 saturated carbocycles. The van der Waals surface area contributed by atoms with Crippen molar-refractivity contribution in [2.75, 3.05) is 0 Å². The molecule has 0 bridgehead atoms. The minimum atomic E-state index is -1.04. The number of hydrogen-bond acceptors (Lipinski definition) is 3. The molecule has 1 aromatic heterocycles. The minimum absolute atomic E-state index is 0.251. The fourth-order valence-electron chi connectivity index (χ4n) is 1.92. The normalized spacial score (nSPS) is 11.8. The number of amides is 1. The predicted octanol–water partition coefficient (Wildman–Crippen LogP) is 1.21. The van der Waals surface area contributed by atoms with Crippen molar-refractivity contribution in [1.29, 1.82) is 0 Å². The van der Waals surface area contributed by atoms with Crippen LogP contribution in [0.3, 0.4) is 0 Å². The molecule has 0 aliphatic rings. The molecular formula is C14H15N3O3. The molecule has 0 unspecified atom stereocenters. The molecular weight excluding hydrogens is 258 g/mol. The number of H-pyrrole nitrogens is 1. The number of carboxylic acid groups (broad SMARTS) is 1. The van der Waals surface area contributed by atoms with E-state index in [2.05, 4.69) is 15.5 Å². The Morgan fingerprint density at radius 3 is 2.50 bits per heavy atom. The highest BCUT2D eigenvalue weighted by atomic mass is 16.4. The number of aromatic nitrogens is 2. The molecule has 1 atom stereocenters. The van der Waals surface area contributed by atoms with Gasteiger partial charge in [-0.1, -0.05) is 24.3 Å². The Morgan fingerprint density at radius 2 is 2.00 bits per heavy atom. The van der Waals surface area contributed by atoms with Crippen molar-refractivity contribution in [3.05, 3.63) is 42.2 Å². The van der Waals surface area contributed by atoms with Crippen LogP contribution < -0.4 is 5.32 Å². The molecule has 6 heteroatoms. The molecule has 1 amide bonds. The summed E-state index contributed by atoms with van der Waals surface area (Å²) in [6.07, 6.45) is 3.75. The summed E-state index contributed by atoms with van der Waals surface area (Å²) in [5.41, 5.74) is 2.81. The Morgan fingerprint density at radius 1 is 1.30 bits per heavy atom. The highest BCUT2D eigenvalue weighted by Crippen LogP contribution is 2.18. The predicted molar refractivity (Wildman–Crippen MR) is 73.0 cm³/mol. The number of carbonyl (C=O) groups is 2. The molecule has 0 aliphatic carbocycles. The van der Waals surface area contributed by atoms with Gasteiger partial charge in [-0.05, 0) is 11.1 Å². The standard InChI is InChI=1S/C14H15N3O3/c1-9(18)17-13(14(19)20)6-10-2-4-11(5-3-10)12-7-15-16-8-12/h2-5,7-8,13H,6H2,1H3,(H,15,16)(H,17,18)(H,19,20)/t13-/m0/s1. The van der Waals surface area contributed by atoms with Crippen LogP contribution in [0.2, 0.25) is 0 Å². The van der Waals surface area contributed by atoms with Crippen LogP contribution in [0.25, 0.3) is 11.1 Å². The third-order valence-electron chi connectivity index (χ3n) is 2.90. The van der Waals surface area contributed by atoms with E-state index in [1.54, 1.807) is 12.4 Å². The molecule has 1 heterocycles. The summed E-state index contributed by atoms with van der Waals surface area (Å²) in [6.45, 7) is 1.30. The first kappa shape index (κ1) is 13.8. The molecule has 0 fully saturated rings. The molecule has 3 N–H and O–H groups in total. The maximum atomic E-state index is 11.1. The molecule has 1 aromatic carbocycles. The average Bonchev–Trinajstić information content (AvgIpc) is 2.92. The monoisotopic (exact) mass is 273 g/mol. The Bertz CT molecular complexity index is 591. The van der Waals surface area contributed by atoms with Gasteiger partial charge in [-0.25, -0.2) is 4.79 Å². The van der Waals surface area contributed by atoms with Crippen LogP contribution in [0.15, 0.2) is 36.7 Å². The topological polar surface area (TPSA) is 95.1 Å². The van der Waals surface area contributed by atoms with Crippen LogP contribution in [-0.4, -0.2) is 33.2 Å². The first-order chi connectivity index (χ1) is 9.56. The van der Waals surface area contributed by atoms with Gasteiger partial charge in [0.2, 0.25) is 5.91 Å². The van der Waals surface area contributed by atoms with Gasteiger partial charge in [0.15, 0.2) is 0 Å². The van der Waals surface area contributed by atoms with Crippen molar-refractivity contribution in [3.8, 4) is 11.1 Å². The van der Waals surface area contributed by atoms with Crippen LogP contribution in [0.5, 0.6) is 0 Å². The molecule has 104 valence electrons. The summed E-state index contributed by atoms with van der Waals surface area (Å²) in [5, 5.41) is 18.1. The van der Waals surface area contributed by atoms with Gasteiger partial charge in [-0.15, -0.1) is 0 Å². The van der Waals surface area contributed by atoms with Gasteiger partial charge in [-0.2, -0.15) is 5.10 Å². The summed E-state index contributed by atoms with van der Waals surface area (Å²) in [6, 6.07) is 6.58. The zero-order valence-electron chi connectivity index (χ0n) is 11.0. The molecule has 0 aliphatic heterocycles. The van der Waals surface area contributed by atoms with Crippen molar-refractivity contribution in [3.63, 3.8) is 0 Å². The second-order valence-electron chi connectivity index (χ2n) is 4.48. The first-order valence-electron chi connectivity index (χ1n) is 6.14. The van der Waals surface area contributed by atoms with Crippen molar-refractivity contribution >= 4 is 11.9 Å². The van der Waals surface area contributed by atoms with Gasteiger partial charge >= 0.3 is 5.97 Å². The number of aromatic amines is 1. The summed E-state index contributed by atoms with van der Waals surface area (Å²) in [7, 11) is 0. The van der Waals surface area contributed by atoms with E-state index < -0.39 is 12.0 Å². The Kier molecular flexibility index (Phi) is 4.14. The third kappa shape index (κ3) is 3.44. The van der Waals surface area contributed by atoms with Crippen LogP contribution in [0.1, 0.15) is 12.5 Å². The summed E-state index contributed by atoms with van der Waals surface area (Å²) in [5.74, 6) is -1.40. The second-order valence-corrected chi connectivity index (χ2v) is 4.48. The van der Waals surface area contributed by atoms with E-state index in [-0.39, 0.29) is 12.3 Å². The summed E-state index contributed by atoms with van der Waals surface area (Å²) in [4.78, 5) is 22.0. The highest BCUT2D eigenvalue weighted by molar-refractivity contribution is 5.82. The molecule has 20 heavy (non-hydrogen) atoms. The Hall–Kier alpha value is -2.63. The lowest BCUT2D eigenvalue weighted by Crippen LogP contribution is -2.41. The minimum Gasteiger partial charge on any atom is -0.480 e. The second kappa shape index (κ2) is 6.01. The smallest absolute Gasteiger partial charge is 0.326 e. The number of rotatable bonds is 5. The SMILES string of the molecule is CC(=O)N[C@@H](Cc1ccc(-c2cn[nH]c2)cc1)C(=O)O. The van der Waals surface area contributed by atoms with Crippen LogP contribution >= 0.6 is 0 Å². The molecule has 0 radical (unpaired) electrons. The lowest BCUT2D eigenvalue weighted by Gasteiger charge is -2.13. The number of nitrogens with one attached hydrogen (secondary N) is 2. The van der Waals surface area contributed by atoms with Crippen LogP contribution in [0.4, 0.5) is 0 Å².